The summed E-state index contributed by atoms with van der Waals surface area (Å²) >= 11 is 6.20. The van der Waals surface area contributed by atoms with E-state index in [-0.39, 0.29) is 11.8 Å². The van der Waals surface area contributed by atoms with Gasteiger partial charge in [-0.15, -0.1) is 0 Å². The van der Waals surface area contributed by atoms with E-state index in [0.29, 0.717) is 23.9 Å². The predicted molar refractivity (Wildman–Crippen MR) is 106 cm³/mol. The molecule has 3 rings (SSSR count). The zero-order valence-electron chi connectivity index (χ0n) is 15.6. The van der Waals surface area contributed by atoms with Crippen LogP contribution in [0, 0.1) is 0 Å². The number of nitrogens with zero attached hydrogens (tertiary/aromatic N) is 4. The van der Waals surface area contributed by atoms with Crippen LogP contribution in [0.2, 0.25) is 5.02 Å². The molecule has 0 bridgehead atoms. The molecule has 1 aliphatic rings. The van der Waals surface area contributed by atoms with Gasteiger partial charge in [-0.1, -0.05) is 30.7 Å². The van der Waals surface area contributed by atoms with Gasteiger partial charge in [0.2, 0.25) is 11.9 Å². The van der Waals surface area contributed by atoms with Crippen LogP contribution in [0.15, 0.2) is 30.5 Å². The highest BCUT2D eigenvalue weighted by atomic mass is 35.5. The molecule has 2 aromatic rings. The van der Waals surface area contributed by atoms with Gasteiger partial charge in [-0.2, -0.15) is 0 Å². The molecule has 1 aromatic heterocycles. The fraction of sp³-hybridized carbons (Fsp3) is 0.450. The van der Waals surface area contributed by atoms with Crippen molar-refractivity contribution in [1.29, 1.82) is 0 Å². The minimum absolute atomic E-state index is 0.204. The van der Waals surface area contributed by atoms with Gasteiger partial charge in [0, 0.05) is 56.3 Å². The summed E-state index contributed by atoms with van der Waals surface area (Å²) in [4.78, 5) is 25.4. The molecule has 0 N–H and O–H groups in total. The molecule has 0 radical (unpaired) electrons. The van der Waals surface area contributed by atoms with Crippen molar-refractivity contribution in [2.45, 2.75) is 32.1 Å². The topological polar surface area (TPSA) is 49.3 Å². The molecule has 0 saturated carbocycles. The highest BCUT2D eigenvalue weighted by molar-refractivity contribution is 6.30. The minimum Gasteiger partial charge on any atom is -0.347 e. The van der Waals surface area contributed by atoms with Crippen molar-refractivity contribution >= 4 is 23.5 Å². The van der Waals surface area contributed by atoms with E-state index in [1.54, 1.807) is 0 Å². The van der Waals surface area contributed by atoms with Gasteiger partial charge in [0.25, 0.3) is 0 Å². The van der Waals surface area contributed by atoms with E-state index in [1.165, 1.54) is 0 Å². The number of piperidine rings is 1. The van der Waals surface area contributed by atoms with Crippen molar-refractivity contribution in [2.75, 3.05) is 32.1 Å². The molecule has 0 aliphatic carbocycles. The summed E-state index contributed by atoms with van der Waals surface area (Å²) in [5, 5.41) is 0.691. The molecule has 1 atom stereocenters. The fourth-order valence-corrected chi connectivity index (χ4v) is 3.63. The van der Waals surface area contributed by atoms with Crippen LogP contribution in [0.1, 0.15) is 37.8 Å². The van der Waals surface area contributed by atoms with Gasteiger partial charge < -0.3 is 9.80 Å². The Morgan fingerprint density at radius 2 is 2.19 bits per heavy atom. The van der Waals surface area contributed by atoms with Crippen LogP contribution in [0.3, 0.4) is 0 Å². The molecule has 1 aromatic carbocycles. The summed E-state index contributed by atoms with van der Waals surface area (Å²) in [6.07, 6.45) is 4.43. The Hall–Kier alpha value is -2.14. The van der Waals surface area contributed by atoms with E-state index in [1.807, 2.05) is 61.3 Å². The summed E-state index contributed by atoms with van der Waals surface area (Å²) < 4.78 is 0. The molecule has 1 unspecified atom stereocenters. The normalized spacial score (nSPS) is 17.2. The molecule has 1 fully saturated rings. The third-order valence-electron chi connectivity index (χ3n) is 4.80. The summed E-state index contributed by atoms with van der Waals surface area (Å²) in [5.41, 5.74) is 3.00. The lowest BCUT2D eigenvalue weighted by Crippen LogP contribution is -2.39. The first-order chi connectivity index (χ1) is 12.5. The standard InChI is InChI=1S/C20H25ClN4O/c1-4-18(26)25-10-6-8-15(13-25)19-17(12-22-20(23-19)24(2)3)14-7-5-9-16(21)11-14/h5,7,9,11-12,15H,4,6,8,10,13H2,1-3H3. The van der Waals surface area contributed by atoms with E-state index in [2.05, 4.69) is 4.98 Å². The van der Waals surface area contributed by atoms with Crippen molar-refractivity contribution in [3.8, 4) is 11.1 Å². The number of rotatable bonds is 4. The van der Waals surface area contributed by atoms with Gasteiger partial charge in [-0.3, -0.25) is 4.79 Å². The predicted octanol–water partition coefficient (Wildman–Crippen LogP) is 3.98. The van der Waals surface area contributed by atoms with Crippen LogP contribution < -0.4 is 4.90 Å². The van der Waals surface area contributed by atoms with Gasteiger partial charge in [0.05, 0.1) is 5.69 Å². The van der Waals surface area contributed by atoms with Crippen molar-refractivity contribution in [3.05, 3.63) is 41.2 Å². The maximum atomic E-state index is 12.2. The number of aromatic nitrogens is 2. The van der Waals surface area contributed by atoms with Crippen LogP contribution in [0.25, 0.3) is 11.1 Å². The van der Waals surface area contributed by atoms with Crippen LogP contribution in [-0.2, 0) is 4.79 Å². The number of carbonyl (C=O) groups excluding carboxylic acids is 1. The number of hydrogen-bond donors (Lipinski definition) is 0. The number of halogens is 1. The summed E-state index contributed by atoms with van der Waals surface area (Å²) in [5.74, 6) is 1.10. The van der Waals surface area contributed by atoms with Crippen LogP contribution in [0.4, 0.5) is 5.95 Å². The lowest BCUT2D eigenvalue weighted by Gasteiger charge is -2.33. The van der Waals surface area contributed by atoms with E-state index in [0.717, 1.165) is 36.2 Å². The smallest absolute Gasteiger partial charge is 0.225 e. The monoisotopic (exact) mass is 372 g/mol. The van der Waals surface area contributed by atoms with Crippen LogP contribution >= 0.6 is 11.6 Å². The number of hydrogen-bond acceptors (Lipinski definition) is 4. The van der Waals surface area contributed by atoms with Gasteiger partial charge in [0.15, 0.2) is 0 Å². The second-order valence-corrected chi connectivity index (χ2v) is 7.34. The highest BCUT2D eigenvalue weighted by Crippen LogP contribution is 2.34. The number of anilines is 1. The Balaban J connectivity index is 2.02. The second kappa shape index (κ2) is 8.04. The third kappa shape index (κ3) is 3.98. The molecule has 2 heterocycles. The Morgan fingerprint density at radius 3 is 2.88 bits per heavy atom. The van der Waals surface area contributed by atoms with Gasteiger partial charge in [-0.05, 0) is 30.5 Å². The van der Waals surface area contributed by atoms with Crippen molar-refractivity contribution in [2.24, 2.45) is 0 Å². The first-order valence-electron chi connectivity index (χ1n) is 9.07. The molecule has 6 heteroatoms. The first kappa shape index (κ1) is 18.6. The second-order valence-electron chi connectivity index (χ2n) is 6.91. The first-order valence-corrected chi connectivity index (χ1v) is 9.45. The molecule has 26 heavy (non-hydrogen) atoms. The summed E-state index contributed by atoms with van der Waals surface area (Å²) in [7, 11) is 3.87. The molecule has 1 aliphatic heterocycles. The maximum Gasteiger partial charge on any atom is 0.225 e. The number of amides is 1. The molecule has 5 nitrogen and oxygen atoms in total. The molecule has 1 saturated heterocycles. The molecule has 1 amide bonds. The van der Waals surface area contributed by atoms with Gasteiger partial charge >= 0.3 is 0 Å². The maximum absolute atomic E-state index is 12.2. The Kier molecular flexibility index (Phi) is 5.77. The van der Waals surface area contributed by atoms with Gasteiger partial charge in [-0.25, -0.2) is 9.97 Å². The van der Waals surface area contributed by atoms with Crippen LogP contribution in [-0.4, -0.2) is 48.0 Å². The third-order valence-corrected chi connectivity index (χ3v) is 5.04. The molecular weight excluding hydrogens is 348 g/mol. The SMILES string of the molecule is CCC(=O)N1CCCC(c2nc(N(C)C)ncc2-c2cccc(Cl)c2)C1. The summed E-state index contributed by atoms with van der Waals surface area (Å²) in [6, 6.07) is 7.77. The zero-order valence-corrected chi connectivity index (χ0v) is 16.3. The van der Waals surface area contributed by atoms with E-state index in [9.17, 15) is 4.79 Å². The Bertz CT molecular complexity index is 793. The lowest BCUT2D eigenvalue weighted by molar-refractivity contribution is -0.132. The van der Waals surface area contributed by atoms with E-state index >= 15 is 0 Å². The van der Waals surface area contributed by atoms with Gasteiger partial charge in [0.1, 0.15) is 0 Å². The number of likely N-dealkylation sites (tertiary alicyclic amines) is 1. The summed E-state index contributed by atoms with van der Waals surface area (Å²) in [6.45, 7) is 3.46. The average molecular weight is 373 g/mol. The quantitative estimate of drug-likeness (QED) is 0.814. The van der Waals surface area contributed by atoms with E-state index in [4.69, 9.17) is 16.6 Å². The average Bonchev–Trinajstić information content (AvgIpc) is 2.67. The molecular formula is C20H25ClN4O. The zero-order chi connectivity index (χ0) is 18.7. The highest BCUT2D eigenvalue weighted by Gasteiger charge is 2.27. The van der Waals surface area contributed by atoms with E-state index < -0.39 is 0 Å². The fourth-order valence-electron chi connectivity index (χ4n) is 3.44. The Morgan fingerprint density at radius 1 is 1.38 bits per heavy atom. The van der Waals surface area contributed by atoms with Crippen molar-refractivity contribution in [3.63, 3.8) is 0 Å². The van der Waals surface area contributed by atoms with Crippen molar-refractivity contribution in [1.82, 2.24) is 14.9 Å². The minimum atomic E-state index is 0.204. The van der Waals surface area contributed by atoms with Crippen molar-refractivity contribution < 1.29 is 4.79 Å². The van der Waals surface area contributed by atoms with Crippen LogP contribution in [0.5, 0.6) is 0 Å². The number of benzene rings is 1. The molecule has 0 spiro atoms. The molecule has 138 valence electrons. The Labute approximate surface area is 160 Å². The largest absolute Gasteiger partial charge is 0.347 e. The number of carbonyl (C=O) groups is 1. The lowest BCUT2D eigenvalue weighted by atomic mass is 9.90.